The molecule has 0 saturated heterocycles. The van der Waals surface area contributed by atoms with Crippen LogP contribution in [0.2, 0.25) is 5.02 Å². The topological polar surface area (TPSA) is 41.1 Å². The number of rotatable bonds is 3. The first kappa shape index (κ1) is 18.9. The van der Waals surface area contributed by atoms with Gasteiger partial charge >= 0.3 is 0 Å². The first-order valence-corrected chi connectivity index (χ1v) is 11.6. The van der Waals surface area contributed by atoms with Crippen LogP contribution in [-0.4, -0.2) is 5.91 Å². The first-order valence-electron chi connectivity index (χ1n) is 11.2. The Morgan fingerprint density at radius 1 is 0.935 bits per heavy atom. The molecule has 0 aromatic heterocycles. The molecule has 3 aromatic carbocycles. The second-order valence-electron chi connectivity index (χ2n) is 9.23. The molecule has 5 atom stereocenters. The maximum absolute atomic E-state index is 13.0. The van der Waals surface area contributed by atoms with Crippen LogP contribution in [0.3, 0.4) is 0 Å². The molecule has 2 bridgehead atoms. The summed E-state index contributed by atoms with van der Waals surface area (Å²) in [5, 5.41) is 7.51. The molecule has 0 unspecified atom stereocenters. The second kappa shape index (κ2) is 7.42. The molecule has 3 aromatic rings. The van der Waals surface area contributed by atoms with Crippen molar-refractivity contribution in [2.45, 2.75) is 31.2 Å². The molecule has 1 amide bonds. The lowest BCUT2D eigenvalue weighted by atomic mass is 9.68. The Kier molecular flexibility index (Phi) is 4.53. The van der Waals surface area contributed by atoms with Gasteiger partial charge in [-0.3, -0.25) is 4.79 Å². The molecule has 1 heterocycles. The van der Waals surface area contributed by atoms with Gasteiger partial charge in [0.05, 0.1) is 6.04 Å². The number of hydrogen-bond acceptors (Lipinski definition) is 2. The van der Waals surface area contributed by atoms with Crippen molar-refractivity contribution in [1.82, 2.24) is 0 Å². The number of amides is 1. The molecule has 0 radical (unpaired) electrons. The highest BCUT2D eigenvalue weighted by atomic mass is 35.5. The smallest absolute Gasteiger partial charge is 0.255 e. The SMILES string of the molecule is O=C(Nc1ccc(Cl)cc1)c1ccc2c(c1)[C@@H]1[C@H]3CC[C@@H](C3)[C@H]1[C@H](c1ccccc1)N2. The Balaban J connectivity index is 1.34. The predicted octanol–water partition coefficient (Wildman–Crippen LogP) is 6.89. The van der Waals surface area contributed by atoms with E-state index in [1.54, 1.807) is 12.1 Å². The van der Waals surface area contributed by atoms with Crippen LogP contribution in [-0.2, 0) is 0 Å². The van der Waals surface area contributed by atoms with E-state index in [-0.39, 0.29) is 5.91 Å². The number of benzene rings is 3. The summed E-state index contributed by atoms with van der Waals surface area (Å²) >= 11 is 5.96. The zero-order chi connectivity index (χ0) is 20.9. The zero-order valence-electron chi connectivity index (χ0n) is 17.2. The quantitative estimate of drug-likeness (QED) is 0.477. The van der Waals surface area contributed by atoms with Crippen LogP contribution in [0.15, 0.2) is 72.8 Å². The van der Waals surface area contributed by atoms with E-state index >= 15 is 0 Å². The van der Waals surface area contributed by atoms with E-state index in [0.717, 1.165) is 23.1 Å². The maximum atomic E-state index is 13.0. The Morgan fingerprint density at radius 3 is 2.52 bits per heavy atom. The van der Waals surface area contributed by atoms with Gasteiger partial charge in [0.2, 0.25) is 0 Å². The van der Waals surface area contributed by atoms with Crippen LogP contribution < -0.4 is 10.6 Å². The zero-order valence-corrected chi connectivity index (χ0v) is 18.0. The second-order valence-corrected chi connectivity index (χ2v) is 9.67. The molecule has 4 heteroatoms. The number of carbonyl (C=O) groups is 1. The van der Waals surface area contributed by atoms with Crippen molar-refractivity contribution < 1.29 is 4.79 Å². The van der Waals surface area contributed by atoms with Crippen molar-refractivity contribution in [3.63, 3.8) is 0 Å². The molecule has 0 spiro atoms. The number of halogens is 1. The molecule has 2 fully saturated rings. The third-order valence-electron chi connectivity index (χ3n) is 7.61. The van der Waals surface area contributed by atoms with Crippen molar-refractivity contribution in [2.75, 3.05) is 10.6 Å². The molecule has 156 valence electrons. The third-order valence-corrected chi connectivity index (χ3v) is 7.86. The monoisotopic (exact) mass is 428 g/mol. The highest BCUT2D eigenvalue weighted by Gasteiger charge is 2.53. The summed E-state index contributed by atoms with van der Waals surface area (Å²) in [6.45, 7) is 0. The van der Waals surface area contributed by atoms with Crippen LogP contribution in [0, 0.1) is 17.8 Å². The molecule has 2 aliphatic carbocycles. The van der Waals surface area contributed by atoms with Crippen LogP contribution in [0.1, 0.15) is 52.7 Å². The number of anilines is 2. The summed E-state index contributed by atoms with van der Waals surface area (Å²) in [6.07, 6.45) is 3.97. The van der Waals surface area contributed by atoms with Gasteiger partial charge in [-0.2, -0.15) is 0 Å². The molecule has 3 aliphatic rings. The molecule has 3 nitrogen and oxygen atoms in total. The van der Waals surface area contributed by atoms with Gasteiger partial charge in [-0.1, -0.05) is 41.9 Å². The average molecular weight is 429 g/mol. The van der Waals surface area contributed by atoms with Gasteiger partial charge in [0, 0.05) is 22.0 Å². The van der Waals surface area contributed by atoms with Gasteiger partial charge < -0.3 is 10.6 Å². The molecular formula is C27H25ClN2O. The van der Waals surface area contributed by atoms with Crippen molar-refractivity contribution >= 4 is 28.9 Å². The standard InChI is InChI=1S/C27H25ClN2O/c28-20-9-11-21(12-10-20)29-27(31)19-8-13-23-22(15-19)24-17-6-7-18(14-17)25(24)26(30-23)16-4-2-1-3-5-16/h1-5,8-13,15,17-18,24-26,30H,6-7,14H2,(H,29,31)/t17-,18-,24-,25+,26-/m0/s1. The van der Waals surface area contributed by atoms with Crippen molar-refractivity contribution in [2.24, 2.45) is 17.8 Å². The van der Waals surface area contributed by atoms with E-state index in [1.807, 2.05) is 18.2 Å². The molecular weight excluding hydrogens is 404 g/mol. The average Bonchev–Trinajstić information content (AvgIpc) is 3.43. The Morgan fingerprint density at radius 2 is 1.71 bits per heavy atom. The van der Waals surface area contributed by atoms with Gasteiger partial charge in [0.15, 0.2) is 0 Å². The van der Waals surface area contributed by atoms with Crippen molar-refractivity contribution in [3.05, 3.63) is 94.5 Å². The largest absolute Gasteiger partial charge is 0.378 e. The van der Waals surface area contributed by atoms with Gasteiger partial charge in [0.1, 0.15) is 0 Å². The fourth-order valence-electron chi connectivity index (χ4n) is 6.35. The van der Waals surface area contributed by atoms with E-state index in [9.17, 15) is 4.79 Å². The summed E-state index contributed by atoms with van der Waals surface area (Å²) in [7, 11) is 0. The number of fused-ring (bicyclic) bond motifs is 7. The normalized spacial score (nSPS) is 27.8. The van der Waals surface area contributed by atoms with Crippen LogP contribution in [0.5, 0.6) is 0 Å². The lowest BCUT2D eigenvalue weighted by Gasteiger charge is -2.43. The number of nitrogens with one attached hydrogen (secondary N) is 2. The summed E-state index contributed by atoms with van der Waals surface area (Å²) in [5.74, 6) is 2.56. The van der Waals surface area contributed by atoms with E-state index in [2.05, 4.69) is 53.1 Å². The fraction of sp³-hybridized carbons (Fsp3) is 0.296. The van der Waals surface area contributed by atoms with E-state index in [4.69, 9.17) is 11.6 Å². The number of hydrogen-bond donors (Lipinski definition) is 2. The minimum absolute atomic E-state index is 0.0741. The minimum atomic E-state index is -0.0741. The fourth-order valence-corrected chi connectivity index (χ4v) is 6.48. The highest BCUT2D eigenvalue weighted by molar-refractivity contribution is 6.30. The van der Waals surface area contributed by atoms with Crippen LogP contribution >= 0.6 is 11.6 Å². The van der Waals surface area contributed by atoms with Crippen LogP contribution in [0.4, 0.5) is 11.4 Å². The summed E-state index contributed by atoms with van der Waals surface area (Å²) in [5.41, 5.74) is 5.36. The summed E-state index contributed by atoms with van der Waals surface area (Å²) in [6, 6.07) is 24.6. The van der Waals surface area contributed by atoms with Gasteiger partial charge in [-0.25, -0.2) is 0 Å². The first-order chi connectivity index (χ1) is 15.2. The van der Waals surface area contributed by atoms with Gasteiger partial charge in [-0.15, -0.1) is 0 Å². The third kappa shape index (κ3) is 3.23. The molecule has 31 heavy (non-hydrogen) atoms. The number of carbonyl (C=O) groups excluding carboxylic acids is 1. The van der Waals surface area contributed by atoms with Gasteiger partial charge in [0.25, 0.3) is 5.91 Å². The Hall–Kier alpha value is -2.78. The van der Waals surface area contributed by atoms with Gasteiger partial charge in [-0.05, 0) is 96.5 Å². The molecule has 2 saturated carbocycles. The van der Waals surface area contributed by atoms with Crippen LogP contribution in [0.25, 0.3) is 0 Å². The lowest BCUT2D eigenvalue weighted by Crippen LogP contribution is -2.35. The predicted molar refractivity (Wildman–Crippen MR) is 126 cm³/mol. The lowest BCUT2D eigenvalue weighted by molar-refractivity contribution is 0.102. The maximum Gasteiger partial charge on any atom is 0.255 e. The Labute approximate surface area is 187 Å². The minimum Gasteiger partial charge on any atom is -0.378 e. The van der Waals surface area contributed by atoms with Crippen molar-refractivity contribution in [3.8, 4) is 0 Å². The molecule has 1 aliphatic heterocycles. The van der Waals surface area contributed by atoms with Crippen molar-refractivity contribution in [1.29, 1.82) is 0 Å². The van der Waals surface area contributed by atoms with E-state index in [1.165, 1.54) is 36.1 Å². The highest BCUT2D eigenvalue weighted by Crippen LogP contribution is 2.63. The summed E-state index contributed by atoms with van der Waals surface area (Å²) in [4.78, 5) is 13.0. The molecule has 6 rings (SSSR count). The summed E-state index contributed by atoms with van der Waals surface area (Å²) < 4.78 is 0. The Bertz CT molecular complexity index is 1130. The molecule has 2 N–H and O–H groups in total. The van der Waals surface area contributed by atoms with E-state index in [0.29, 0.717) is 22.9 Å². The van der Waals surface area contributed by atoms with E-state index < -0.39 is 0 Å².